The molecule has 1 heterocycles. The summed E-state index contributed by atoms with van der Waals surface area (Å²) < 4.78 is 10.6. The van der Waals surface area contributed by atoms with Crippen LogP contribution in [0, 0.1) is 5.41 Å². The zero-order valence-corrected chi connectivity index (χ0v) is 11.2. The lowest BCUT2D eigenvalue weighted by Gasteiger charge is -2.51. The number of methoxy groups -OCH3 is 2. The van der Waals surface area contributed by atoms with Gasteiger partial charge in [-0.3, -0.25) is 0 Å². The Bertz CT molecular complexity index is 436. The van der Waals surface area contributed by atoms with E-state index in [2.05, 4.69) is 29.1 Å². The monoisotopic (exact) mass is 252 g/mol. The van der Waals surface area contributed by atoms with Crippen LogP contribution < -0.4 is 15.8 Å². The van der Waals surface area contributed by atoms with Crippen LogP contribution >= 0.6 is 0 Å². The Hall–Kier alpha value is -1.56. The number of ether oxygens (including phenoxy) is 2. The second kappa shape index (κ2) is 4.61. The van der Waals surface area contributed by atoms with Crippen molar-refractivity contribution < 1.29 is 9.47 Å². The lowest BCUT2D eigenvalue weighted by molar-refractivity contribution is -0.0796. The van der Waals surface area contributed by atoms with E-state index in [1.165, 1.54) is 6.33 Å². The fourth-order valence-electron chi connectivity index (χ4n) is 2.39. The minimum absolute atomic E-state index is 0.0550. The first-order valence-electron chi connectivity index (χ1n) is 5.94. The van der Waals surface area contributed by atoms with Crippen molar-refractivity contribution in [1.29, 1.82) is 0 Å². The highest BCUT2D eigenvalue weighted by molar-refractivity contribution is 5.62. The number of aromatic nitrogens is 2. The third kappa shape index (κ3) is 1.96. The molecule has 100 valence electrons. The Kier molecular flexibility index (Phi) is 3.30. The molecular formula is C12H20N4O2. The van der Waals surface area contributed by atoms with Crippen molar-refractivity contribution in [3.05, 3.63) is 6.33 Å². The van der Waals surface area contributed by atoms with Gasteiger partial charge in [0.05, 0.1) is 13.2 Å². The van der Waals surface area contributed by atoms with Crippen LogP contribution in [0.1, 0.15) is 20.3 Å². The quantitative estimate of drug-likeness (QED) is 0.840. The van der Waals surface area contributed by atoms with Crippen molar-refractivity contribution in [1.82, 2.24) is 9.97 Å². The van der Waals surface area contributed by atoms with Gasteiger partial charge < -0.3 is 20.5 Å². The first-order chi connectivity index (χ1) is 8.50. The Balaban J connectivity index is 2.14. The van der Waals surface area contributed by atoms with Crippen LogP contribution in [-0.2, 0) is 4.74 Å². The highest BCUT2D eigenvalue weighted by Crippen LogP contribution is 2.44. The third-order valence-corrected chi connectivity index (χ3v) is 3.81. The zero-order valence-electron chi connectivity index (χ0n) is 11.2. The van der Waals surface area contributed by atoms with Gasteiger partial charge in [-0.2, -0.15) is 0 Å². The van der Waals surface area contributed by atoms with E-state index in [-0.39, 0.29) is 17.6 Å². The van der Waals surface area contributed by atoms with E-state index >= 15 is 0 Å². The molecule has 0 aromatic carbocycles. The SMILES string of the molecule is COc1c(N)ncnc1NC1CC(OC)C1(C)C. The number of hydrogen-bond donors (Lipinski definition) is 2. The molecule has 2 rings (SSSR count). The van der Waals surface area contributed by atoms with Crippen LogP contribution in [0.15, 0.2) is 6.33 Å². The summed E-state index contributed by atoms with van der Waals surface area (Å²) in [6, 6.07) is 0.283. The average molecular weight is 252 g/mol. The normalized spacial score (nSPS) is 25.3. The highest BCUT2D eigenvalue weighted by atomic mass is 16.5. The van der Waals surface area contributed by atoms with Gasteiger partial charge >= 0.3 is 0 Å². The van der Waals surface area contributed by atoms with Crippen LogP contribution in [0.4, 0.5) is 11.6 Å². The number of rotatable bonds is 4. The smallest absolute Gasteiger partial charge is 0.203 e. The molecule has 1 saturated carbocycles. The molecule has 18 heavy (non-hydrogen) atoms. The van der Waals surface area contributed by atoms with Gasteiger partial charge in [0.25, 0.3) is 0 Å². The van der Waals surface area contributed by atoms with Crippen molar-refractivity contribution in [3.63, 3.8) is 0 Å². The molecule has 1 fully saturated rings. The molecule has 3 N–H and O–H groups in total. The topological polar surface area (TPSA) is 82.3 Å². The van der Waals surface area contributed by atoms with Crippen LogP contribution in [0.2, 0.25) is 0 Å². The maximum atomic E-state index is 5.75. The summed E-state index contributed by atoms with van der Waals surface area (Å²) in [6.07, 6.45) is 2.64. The lowest BCUT2D eigenvalue weighted by atomic mass is 9.64. The summed E-state index contributed by atoms with van der Waals surface area (Å²) in [5.41, 5.74) is 5.80. The Morgan fingerprint density at radius 3 is 2.67 bits per heavy atom. The van der Waals surface area contributed by atoms with Crippen molar-refractivity contribution in [2.75, 3.05) is 25.3 Å². The van der Waals surface area contributed by atoms with E-state index in [0.717, 1.165) is 6.42 Å². The van der Waals surface area contributed by atoms with Crippen LogP contribution in [0.3, 0.4) is 0 Å². The standard InChI is InChI=1S/C12H20N4O2/c1-12(2)7(5-8(12)17-3)16-11-9(18-4)10(13)14-6-15-11/h6-8H,5H2,1-4H3,(H3,13,14,15,16). The number of nitrogens with two attached hydrogens (primary N) is 1. The maximum absolute atomic E-state index is 5.75. The number of anilines is 2. The summed E-state index contributed by atoms with van der Waals surface area (Å²) in [5.74, 6) is 1.47. The molecule has 0 spiro atoms. The first kappa shape index (κ1) is 12.9. The molecule has 0 aliphatic heterocycles. The Labute approximate surface area is 107 Å². The van der Waals surface area contributed by atoms with Crippen molar-refractivity contribution in [2.45, 2.75) is 32.4 Å². The summed E-state index contributed by atoms with van der Waals surface area (Å²) in [6.45, 7) is 4.33. The van der Waals surface area contributed by atoms with Crippen molar-refractivity contribution >= 4 is 11.6 Å². The van der Waals surface area contributed by atoms with Crippen LogP contribution in [0.25, 0.3) is 0 Å². The molecule has 0 saturated heterocycles. The van der Waals surface area contributed by atoms with Gasteiger partial charge in [0, 0.05) is 18.6 Å². The van der Waals surface area contributed by atoms with Gasteiger partial charge in [-0.15, -0.1) is 0 Å². The molecule has 6 heteroatoms. The maximum Gasteiger partial charge on any atom is 0.203 e. The number of nitrogens with zero attached hydrogens (tertiary/aromatic N) is 2. The third-order valence-electron chi connectivity index (χ3n) is 3.81. The van der Waals surface area contributed by atoms with Crippen LogP contribution in [-0.4, -0.2) is 36.3 Å². The van der Waals surface area contributed by atoms with E-state index < -0.39 is 0 Å². The molecule has 1 aromatic rings. The van der Waals surface area contributed by atoms with E-state index in [0.29, 0.717) is 17.4 Å². The van der Waals surface area contributed by atoms with Gasteiger partial charge in [-0.1, -0.05) is 13.8 Å². The van der Waals surface area contributed by atoms with Gasteiger partial charge in [-0.05, 0) is 6.42 Å². The summed E-state index contributed by atoms with van der Waals surface area (Å²) in [7, 11) is 3.30. The minimum atomic E-state index is 0.0550. The molecule has 1 aliphatic carbocycles. The predicted octanol–water partition coefficient (Wildman–Crippen LogP) is 1.29. The second-order valence-electron chi connectivity index (χ2n) is 5.12. The van der Waals surface area contributed by atoms with Crippen molar-refractivity contribution in [3.8, 4) is 5.75 Å². The summed E-state index contributed by atoms with van der Waals surface area (Å²) in [4.78, 5) is 8.09. The number of hydrogen-bond acceptors (Lipinski definition) is 6. The van der Waals surface area contributed by atoms with E-state index in [1.807, 2.05) is 0 Å². The number of nitrogen functional groups attached to an aromatic ring is 1. The first-order valence-corrected chi connectivity index (χ1v) is 5.94. The molecular weight excluding hydrogens is 232 g/mol. The molecule has 1 aromatic heterocycles. The Morgan fingerprint density at radius 2 is 2.11 bits per heavy atom. The second-order valence-corrected chi connectivity index (χ2v) is 5.12. The summed E-state index contributed by atoms with van der Waals surface area (Å²) >= 11 is 0. The molecule has 0 amide bonds. The molecule has 1 aliphatic rings. The highest BCUT2D eigenvalue weighted by Gasteiger charge is 2.49. The summed E-state index contributed by atoms with van der Waals surface area (Å²) in [5, 5.41) is 3.36. The predicted molar refractivity (Wildman–Crippen MR) is 69.6 cm³/mol. The van der Waals surface area contributed by atoms with E-state index in [1.54, 1.807) is 14.2 Å². The number of nitrogens with one attached hydrogen (secondary N) is 1. The molecule has 2 atom stereocenters. The fourth-order valence-corrected chi connectivity index (χ4v) is 2.39. The molecule has 2 unspecified atom stereocenters. The molecule has 0 radical (unpaired) electrons. The molecule has 6 nitrogen and oxygen atoms in total. The molecule has 0 bridgehead atoms. The Morgan fingerprint density at radius 1 is 1.39 bits per heavy atom. The fraction of sp³-hybridized carbons (Fsp3) is 0.667. The largest absolute Gasteiger partial charge is 0.490 e. The average Bonchev–Trinajstić information content (AvgIpc) is 2.34. The minimum Gasteiger partial charge on any atom is -0.490 e. The van der Waals surface area contributed by atoms with Gasteiger partial charge in [0.15, 0.2) is 11.6 Å². The van der Waals surface area contributed by atoms with Crippen molar-refractivity contribution in [2.24, 2.45) is 5.41 Å². The van der Waals surface area contributed by atoms with E-state index in [9.17, 15) is 0 Å². The van der Waals surface area contributed by atoms with Gasteiger partial charge in [0.2, 0.25) is 5.75 Å². The van der Waals surface area contributed by atoms with E-state index in [4.69, 9.17) is 15.2 Å². The lowest BCUT2D eigenvalue weighted by Crippen LogP contribution is -2.57. The zero-order chi connectivity index (χ0) is 13.3. The van der Waals surface area contributed by atoms with Crippen LogP contribution in [0.5, 0.6) is 5.75 Å². The van der Waals surface area contributed by atoms with Gasteiger partial charge in [0.1, 0.15) is 6.33 Å². The van der Waals surface area contributed by atoms with Gasteiger partial charge in [-0.25, -0.2) is 9.97 Å².